The van der Waals surface area contributed by atoms with Gasteiger partial charge in [0, 0.05) is 51.2 Å². The number of likely N-dealkylation sites (tertiary alicyclic amines) is 1. The van der Waals surface area contributed by atoms with E-state index >= 15 is 0 Å². The van der Waals surface area contributed by atoms with Crippen LogP contribution in [0.5, 0.6) is 0 Å². The standard InChI is InChI=1S/C13H22BN3O2/c1-18-14(19-2)11-9-15-17(10-11)13-5-7-16(8-6-13)12-3-4-12/h9-10,12-13H,3-8H2,1-2H3. The van der Waals surface area contributed by atoms with E-state index in [1.54, 1.807) is 14.2 Å². The quantitative estimate of drug-likeness (QED) is 0.732. The first-order chi connectivity index (χ1) is 9.31. The molecule has 104 valence electrons. The average Bonchev–Trinajstić information content (AvgIpc) is 3.20. The van der Waals surface area contributed by atoms with Gasteiger partial charge < -0.3 is 14.2 Å². The van der Waals surface area contributed by atoms with Gasteiger partial charge in [-0.1, -0.05) is 0 Å². The molecule has 0 aromatic carbocycles. The van der Waals surface area contributed by atoms with E-state index in [9.17, 15) is 0 Å². The highest BCUT2D eigenvalue weighted by Gasteiger charge is 2.32. The van der Waals surface area contributed by atoms with Gasteiger partial charge in [0.1, 0.15) is 0 Å². The lowest BCUT2D eigenvalue weighted by atomic mass is 9.82. The summed E-state index contributed by atoms with van der Waals surface area (Å²) in [6.45, 7) is 2.42. The molecule has 0 radical (unpaired) electrons. The lowest BCUT2D eigenvalue weighted by molar-refractivity contribution is 0.172. The fourth-order valence-corrected chi connectivity index (χ4v) is 3.00. The van der Waals surface area contributed by atoms with E-state index in [-0.39, 0.29) is 7.12 Å². The van der Waals surface area contributed by atoms with Gasteiger partial charge >= 0.3 is 7.12 Å². The Hall–Kier alpha value is -0.845. The van der Waals surface area contributed by atoms with Crippen LogP contribution in [-0.2, 0) is 9.31 Å². The predicted octanol–water partition coefficient (Wildman–Crippen LogP) is 0.670. The number of hydrogen-bond donors (Lipinski definition) is 0. The van der Waals surface area contributed by atoms with Crippen molar-refractivity contribution in [2.24, 2.45) is 0 Å². The average molecular weight is 263 g/mol. The highest BCUT2D eigenvalue weighted by atomic mass is 16.6. The van der Waals surface area contributed by atoms with Crippen molar-refractivity contribution in [3.63, 3.8) is 0 Å². The van der Waals surface area contributed by atoms with Crippen molar-refractivity contribution in [3.8, 4) is 0 Å². The summed E-state index contributed by atoms with van der Waals surface area (Å²) in [5.74, 6) is 0. The molecule has 5 nitrogen and oxygen atoms in total. The summed E-state index contributed by atoms with van der Waals surface area (Å²) < 4.78 is 12.6. The molecule has 1 aromatic heterocycles. The van der Waals surface area contributed by atoms with Crippen molar-refractivity contribution in [2.45, 2.75) is 37.8 Å². The van der Waals surface area contributed by atoms with Gasteiger partial charge in [-0.15, -0.1) is 0 Å². The molecule has 3 rings (SSSR count). The number of rotatable bonds is 5. The Balaban J connectivity index is 1.60. The van der Waals surface area contributed by atoms with Crippen molar-refractivity contribution in [1.82, 2.24) is 14.7 Å². The normalized spacial score (nSPS) is 21.8. The van der Waals surface area contributed by atoms with Crippen LogP contribution in [0, 0.1) is 0 Å². The molecule has 2 aliphatic rings. The van der Waals surface area contributed by atoms with Gasteiger partial charge in [0.25, 0.3) is 0 Å². The Bertz CT molecular complexity index is 410. The zero-order valence-electron chi connectivity index (χ0n) is 11.8. The molecule has 0 atom stereocenters. The van der Waals surface area contributed by atoms with Crippen LogP contribution in [0.2, 0.25) is 0 Å². The number of hydrogen-bond acceptors (Lipinski definition) is 4. The Kier molecular flexibility index (Phi) is 3.91. The van der Waals surface area contributed by atoms with Crippen molar-refractivity contribution in [2.75, 3.05) is 27.3 Å². The van der Waals surface area contributed by atoms with Gasteiger partial charge in [-0.3, -0.25) is 4.68 Å². The molecule has 0 spiro atoms. The van der Waals surface area contributed by atoms with Crippen LogP contribution in [0.25, 0.3) is 0 Å². The molecule has 0 unspecified atom stereocenters. The third-order valence-corrected chi connectivity index (χ3v) is 4.26. The van der Waals surface area contributed by atoms with Crippen LogP contribution in [0.1, 0.15) is 31.7 Å². The Morgan fingerprint density at radius 1 is 1.11 bits per heavy atom. The fourth-order valence-electron chi connectivity index (χ4n) is 3.00. The minimum Gasteiger partial charge on any atom is -0.410 e. The molecule has 0 N–H and O–H groups in total. The molecule has 2 heterocycles. The van der Waals surface area contributed by atoms with E-state index in [1.807, 2.05) is 6.20 Å². The fraction of sp³-hybridized carbons (Fsp3) is 0.769. The third-order valence-electron chi connectivity index (χ3n) is 4.26. The number of aromatic nitrogens is 2. The first-order valence-corrected chi connectivity index (χ1v) is 7.15. The van der Waals surface area contributed by atoms with Crippen molar-refractivity contribution >= 4 is 12.6 Å². The summed E-state index contributed by atoms with van der Waals surface area (Å²) >= 11 is 0. The van der Waals surface area contributed by atoms with Gasteiger partial charge in [0.2, 0.25) is 0 Å². The van der Waals surface area contributed by atoms with Crippen LogP contribution in [0.3, 0.4) is 0 Å². The molecular weight excluding hydrogens is 241 g/mol. The monoisotopic (exact) mass is 263 g/mol. The van der Waals surface area contributed by atoms with Gasteiger partial charge in [-0.25, -0.2) is 0 Å². The van der Waals surface area contributed by atoms with Crippen LogP contribution in [-0.4, -0.2) is 55.1 Å². The van der Waals surface area contributed by atoms with E-state index in [1.165, 1.54) is 38.8 Å². The smallest absolute Gasteiger partial charge is 0.410 e. The molecular formula is C13H22BN3O2. The van der Waals surface area contributed by atoms with E-state index in [0.717, 1.165) is 11.5 Å². The first kappa shape index (κ1) is 13.2. The summed E-state index contributed by atoms with van der Waals surface area (Å²) in [6.07, 6.45) is 9.12. The molecule has 1 aromatic rings. The Labute approximate surface area is 115 Å². The van der Waals surface area contributed by atoms with Crippen molar-refractivity contribution < 1.29 is 9.31 Å². The molecule has 0 amide bonds. The predicted molar refractivity (Wildman–Crippen MR) is 74.5 cm³/mol. The minimum atomic E-state index is -0.305. The first-order valence-electron chi connectivity index (χ1n) is 7.15. The van der Waals surface area contributed by atoms with E-state index < -0.39 is 0 Å². The second kappa shape index (κ2) is 5.65. The Morgan fingerprint density at radius 3 is 2.37 bits per heavy atom. The summed E-state index contributed by atoms with van der Waals surface area (Å²) in [5.41, 5.74) is 0.995. The Morgan fingerprint density at radius 2 is 1.79 bits per heavy atom. The number of nitrogens with zero attached hydrogens (tertiary/aromatic N) is 3. The molecule has 6 heteroatoms. The van der Waals surface area contributed by atoms with Crippen LogP contribution >= 0.6 is 0 Å². The summed E-state index contributed by atoms with van der Waals surface area (Å²) in [6, 6.07) is 1.42. The van der Waals surface area contributed by atoms with Crippen LogP contribution in [0.4, 0.5) is 0 Å². The van der Waals surface area contributed by atoms with Crippen molar-refractivity contribution in [3.05, 3.63) is 12.4 Å². The second-order valence-corrected chi connectivity index (χ2v) is 5.56. The minimum absolute atomic E-state index is 0.305. The van der Waals surface area contributed by atoms with Gasteiger partial charge in [-0.05, 0) is 25.7 Å². The zero-order valence-corrected chi connectivity index (χ0v) is 11.8. The third kappa shape index (κ3) is 2.85. The lowest BCUT2D eigenvalue weighted by Gasteiger charge is -2.32. The van der Waals surface area contributed by atoms with E-state index in [0.29, 0.717) is 6.04 Å². The highest BCUT2D eigenvalue weighted by Crippen LogP contribution is 2.31. The van der Waals surface area contributed by atoms with E-state index in [2.05, 4.69) is 20.9 Å². The molecule has 0 bridgehead atoms. The SMILES string of the molecule is COB(OC)c1cnn(C2CCN(C3CC3)CC2)c1. The maximum absolute atomic E-state index is 5.26. The summed E-state index contributed by atoms with van der Waals surface area (Å²) in [5, 5.41) is 4.48. The zero-order chi connectivity index (χ0) is 13.2. The van der Waals surface area contributed by atoms with Crippen LogP contribution in [0.15, 0.2) is 12.4 Å². The summed E-state index contributed by atoms with van der Waals surface area (Å²) in [4.78, 5) is 2.63. The molecule has 1 aliphatic carbocycles. The van der Waals surface area contributed by atoms with E-state index in [4.69, 9.17) is 9.31 Å². The number of piperidine rings is 1. The second-order valence-electron chi connectivity index (χ2n) is 5.56. The van der Waals surface area contributed by atoms with Crippen LogP contribution < -0.4 is 5.46 Å². The molecule has 1 saturated carbocycles. The van der Waals surface area contributed by atoms with Gasteiger partial charge in [0.05, 0.1) is 6.04 Å². The summed E-state index contributed by atoms with van der Waals surface area (Å²) in [7, 11) is 3.00. The molecule has 19 heavy (non-hydrogen) atoms. The van der Waals surface area contributed by atoms with Gasteiger partial charge in [-0.2, -0.15) is 5.10 Å². The molecule has 1 saturated heterocycles. The molecule has 1 aliphatic heterocycles. The molecule has 2 fully saturated rings. The lowest BCUT2D eigenvalue weighted by Crippen LogP contribution is -2.37. The van der Waals surface area contributed by atoms with Gasteiger partial charge in [0.15, 0.2) is 0 Å². The topological polar surface area (TPSA) is 39.5 Å². The maximum atomic E-state index is 5.26. The largest absolute Gasteiger partial charge is 0.496 e. The highest BCUT2D eigenvalue weighted by molar-refractivity contribution is 6.61. The maximum Gasteiger partial charge on any atom is 0.496 e. The van der Waals surface area contributed by atoms with Crippen molar-refractivity contribution in [1.29, 1.82) is 0 Å².